The van der Waals surface area contributed by atoms with E-state index in [1.54, 1.807) is 12.1 Å². The molecule has 4 N–H and O–H groups in total. The SMILES string of the molecule is C[C@H](NC(=O)[C@@H](C)O[C@@H]1[C@@H](N=[N+]=[N-])[C@H](OCc2ccccc2)O[C@@H]2CO[C@H](c3ccccc3)O[C@@H]12)C(=O)N[C@H](CCC(=O)OCc1ccccc1)C(N)=O. The third-order valence-corrected chi connectivity index (χ3v) is 8.84. The molecule has 0 saturated carbocycles. The molecule has 2 heterocycles. The van der Waals surface area contributed by atoms with E-state index >= 15 is 0 Å². The van der Waals surface area contributed by atoms with Crippen molar-refractivity contribution in [1.82, 2.24) is 10.6 Å². The number of nitrogens with one attached hydrogen (secondary N) is 2. The number of amides is 3. The van der Waals surface area contributed by atoms with E-state index in [2.05, 4.69) is 20.7 Å². The number of carbonyl (C=O) groups excluding carboxylic acids is 4. The van der Waals surface area contributed by atoms with Gasteiger partial charge in [-0.15, -0.1) is 0 Å². The summed E-state index contributed by atoms with van der Waals surface area (Å²) in [6, 6.07) is 24.2. The minimum atomic E-state index is -1.21. The van der Waals surface area contributed by atoms with Crippen LogP contribution in [0, 0.1) is 0 Å². The number of hydrogen-bond donors (Lipinski definition) is 3. The van der Waals surface area contributed by atoms with E-state index in [9.17, 15) is 24.7 Å². The maximum Gasteiger partial charge on any atom is 0.306 e. The molecule has 5 rings (SSSR count). The first-order valence-corrected chi connectivity index (χ1v) is 17.5. The molecule has 0 bridgehead atoms. The van der Waals surface area contributed by atoms with E-state index in [4.69, 9.17) is 34.2 Å². The molecule has 0 unspecified atom stereocenters. The topological polar surface area (TPSA) is 222 Å². The second-order valence-corrected chi connectivity index (χ2v) is 12.8. The van der Waals surface area contributed by atoms with Gasteiger partial charge in [-0.3, -0.25) is 19.2 Å². The molecule has 16 heteroatoms. The minimum Gasteiger partial charge on any atom is -0.461 e. The number of azide groups is 1. The zero-order valence-corrected chi connectivity index (χ0v) is 29.9. The maximum absolute atomic E-state index is 13.5. The van der Waals surface area contributed by atoms with E-state index in [1.807, 2.05) is 78.9 Å². The Morgan fingerprint density at radius 3 is 2.15 bits per heavy atom. The molecular weight excluding hydrogens is 700 g/mol. The Morgan fingerprint density at radius 1 is 0.889 bits per heavy atom. The molecule has 3 aromatic rings. The van der Waals surface area contributed by atoms with Gasteiger partial charge in [0.25, 0.3) is 0 Å². The van der Waals surface area contributed by atoms with E-state index in [0.717, 1.165) is 16.7 Å². The zero-order chi connectivity index (χ0) is 38.5. The van der Waals surface area contributed by atoms with Crippen molar-refractivity contribution in [3.8, 4) is 0 Å². The number of benzene rings is 3. The molecule has 0 aromatic heterocycles. The highest BCUT2D eigenvalue weighted by Crippen LogP contribution is 2.37. The van der Waals surface area contributed by atoms with Crippen LogP contribution in [0.3, 0.4) is 0 Å². The van der Waals surface area contributed by atoms with Gasteiger partial charge < -0.3 is 44.8 Å². The molecule has 286 valence electrons. The Labute approximate surface area is 312 Å². The fourth-order valence-corrected chi connectivity index (χ4v) is 5.92. The van der Waals surface area contributed by atoms with Crippen molar-refractivity contribution < 1.29 is 47.6 Å². The zero-order valence-electron chi connectivity index (χ0n) is 29.9. The molecule has 0 radical (unpaired) electrons. The van der Waals surface area contributed by atoms with Crippen LogP contribution in [-0.2, 0) is 60.8 Å². The van der Waals surface area contributed by atoms with Crippen LogP contribution < -0.4 is 16.4 Å². The molecule has 3 aromatic carbocycles. The average Bonchev–Trinajstić information content (AvgIpc) is 3.19. The van der Waals surface area contributed by atoms with Gasteiger partial charge in [-0.05, 0) is 36.9 Å². The first kappa shape index (κ1) is 39.8. The van der Waals surface area contributed by atoms with Crippen LogP contribution in [-0.4, -0.2) is 79.1 Å². The first-order valence-electron chi connectivity index (χ1n) is 17.5. The predicted molar refractivity (Wildman–Crippen MR) is 191 cm³/mol. The molecule has 9 atom stereocenters. The van der Waals surface area contributed by atoms with Crippen molar-refractivity contribution in [2.24, 2.45) is 10.8 Å². The van der Waals surface area contributed by atoms with Crippen LogP contribution in [0.1, 0.15) is 49.7 Å². The summed E-state index contributed by atoms with van der Waals surface area (Å²) in [6.07, 6.45) is -6.01. The Kier molecular flexibility index (Phi) is 14.5. The number of fused-ring (bicyclic) bond motifs is 1. The van der Waals surface area contributed by atoms with E-state index in [0.29, 0.717) is 0 Å². The van der Waals surface area contributed by atoms with Crippen molar-refractivity contribution in [2.45, 2.75) is 95.0 Å². The van der Waals surface area contributed by atoms with Gasteiger partial charge in [0, 0.05) is 16.9 Å². The lowest BCUT2D eigenvalue weighted by Crippen LogP contribution is -2.63. The number of nitrogens with zero attached hydrogens (tertiary/aromatic N) is 3. The normalized spacial score (nSPS) is 23.7. The van der Waals surface area contributed by atoms with Crippen LogP contribution in [0.2, 0.25) is 0 Å². The second kappa shape index (κ2) is 19.6. The smallest absolute Gasteiger partial charge is 0.306 e. The van der Waals surface area contributed by atoms with Gasteiger partial charge in [0.05, 0.1) is 13.2 Å². The number of rotatable bonds is 17. The lowest BCUT2D eigenvalue weighted by molar-refractivity contribution is -0.349. The van der Waals surface area contributed by atoms with Crippen LogP contribution in [0.15, 0.2) is 96.1 Å². The van der Waals surface area contributed by atoms with Crippen molar-refractivity contribution in [1.29, 1.82) is 0 Å². The van der Waals surface area contributed by atoms with Gasteiger partial charge in [-0.25, -0.2) is 0 Å². The van der Waals surface area contributed by atoms with Crippen molar-refractivity contribution >= 4 is 23.7 Å². The van der Waals surface area contributed by atoms with Crippen LogP contribution >= 0.6 is 0 Å². The average molecular weight is 745 g/mol. The molecular formula is C38H44N6O10. The Balaban J connectivity index is 1.22. The number of nitrogens with two attached hydrogens (primary N) is 1. The fourth-order valence-electron chi connectivity index (χ4n) is 5.92. The molecule has 3 amide bonds. The van der Waals surface area contributed by atoms with Crippen LogP contribution in [0.25, 0.3) is 10.4 Å². The monoisotopic (exact) mass is 744 g/mol. The van der Waals surface area contributed by atoms with Crippen molar-refractivity contribution in [3.05, 3.63) is 118 Å². The minimum absolute atomic E-state index is 0.0599. The third-order valence-electron chi connectivity index (χ3n) is 8.84. The van der Waals surface area contributed by atoms with E-state index < -0.39 is 78.8 Å². The first-order chi connectivity index (χ1) is 26.1. The largest absolute Gasteiger partial charge is 0.461 e. The highest BCUT2D eigenvalue weighted by molar-refractivity contribution is 5.92. The van der Waals surface area contributed by atoms with Gasteiger partial charge in [0.15, 0.2) is 12.6 Å². The highest BCUT2D eigenvalue weighted by Gasteiger charge is 2.52. The summed E-state index contributed by atoms with van der Waals surface area (Å²) in [5.41, 5.74) is 17.5. The van der Waals surface area contributed by atoms with Gasteiger partial charge in [-0.1, -0.05) is 96.1 Å². The molecule has 2 aliphatic rings. The molecule has 0 aliphatic carbocycles. The summed E-state index contributed by atoms with van der Waals surface area (Å²) in [5, 5.41) is 9.03. The van der Waals surface area contributed by atoms with Crippen molar-refractivity contribution in [2.75, 3.05) is 6.61 Å². The predicted octanol–water partition coefficient (Wildman–Crippen LogP) is 3.49. The number of ether oxygens (including phenoxy) is 6. The van der Waals surface area contributed by atoms with E-state index in [1.165, 1.54) is 13.8 Å². The summed E-state index contributed by atoms with van der Waals surface area (Å²) < 4.78 is 36.2. The van der Waals surface area contributed by atoms with Crippen LogP contribution in [0.5, 0.6) is 0 Å². The third kappa shape index (κ3) is 11.1. The summed E-state index contributed by atoms with van der Waals surface area (Å²) in [7, 11) is 0. The van der Waals surface area contributed by atoms with E-state index in [-0.39, 0.29) is 32.7 Å². The fraction of sp³-hybridized carbons (Fsp3) is 0.421. The van der Waals surface area contributed by atoms with Crippen molar-refractivity contribution in [3.63, 3.8) is 0 Å². The molecule has 2 saturated heterocycles. The number of hydrogen-bond acceptors (Lipinski definition) is 11. The Morgan fingerprint density at radius 2 is 1.52 bits per heavy atom. The summed E-state index contributed by atoms with van der Waals surface area (Å²) in [5.74, 6) is -2.84. The molecule has 2 aliphatic heterocycles. The second-order valence-electron chi connectivity index (χ2n) is 12.8. The Hall–Kier alpha value is -5.35. The Bertz CT molecular complexity index is 1750. The number of esters is 1. The van der Waals surface area contributed by atoms with Gasteiger partial charge in [0.1, 0.15) is 49.1 Å². The lowest BCUT2D eigenvalue weighted by atomic mass is 9.95. The maximum atomic E-state index is 13.5. The number of primary amides is 1. The summed E-state index contributed by atoms with van der Waals surface area (Å²) in [6.45, 7) is 3.16. The highest BCUT2D eigenvalue weighted by atomic mass is 16.8. The van der Waals surface area contributed by atoms with Gasteiger partial charge >= 0.3 is 5.97 Å². The summed E-state index contributed by atoms with van der Waals surface area (Å²) >= 11 is 0. The molecule has 54 heavy (non-hydrogen) atoms. The molecule has 16 nitrogen and oxygen atoms in total. The molecule has 2 fully saturated rings. The van der Waals surface area contributed by atoms with Gasteiger partial charge in [0.2, 0.25) is 17.7 Å². The van der Waals surface area contributed by atoms with Gasteiger partial charge in [-0.2, -0.15) is 0 Å². The summed E-state index contributed by atoms with van der Waals surface area (Å²) in [4.78, 5) is 54.0. The van der Waals surface area contributed by atoms with Crippen LogP contribution in [0.4, 0.5) is 0 Å². The quantitative estimate of drug-likeness (QED) is 0.0790. The number of carbonyl (C=O) groups is 4. The lowest BCUT2D eigenvalue weighted by Gasteiger charge is -2.48. The standard InChI is InChI=1S/C38H44N6O10/c1-23(35(47)42-28(34(39)46)18-19-30(45)49-20-25-12-6-3-7-13-25)41-36(48)24(2)52-33-31(43-44-40)38(50-21-26-14-8-4-9-15-26)53-29-22-51-37(54-32(29)33)27-16-10-5-11-17-27/h3-17,23-24,28-29,31-33,37-38H,18-22H2,1-2H3,(H2,39,46)(H,41,48)(H,42,47)/t23-,24+,28+,29+,31+,32+,33+,37-,38+/m0/s1. The molecule has 0 spiro atoms.